The molecule has 27 heavy (non-hydrogen) atoms. The van der Waals surface area contributed by atoms with Crippen LogP contribution in [0.15, 0.2) is 42.5 Å². The smallest absolute Gasteiger partial charge is 0.230 e. The molecule has 0 saturated carbocycles. The minimum absolute atomic E-state index is 0.0107. The molecule has 0 aliphatic carbocycles. The molecule has 7 nitrogen and oxygen atoms in total. The van der Waals surface area contributed by atoms with Crippen LogP contribution in [0, 0.1) is 0 Å². The van der Waals surface area contributed by atoms with Gasteiger partial charge >= 0.3 is 0 Å². The molecular weight excluding hydrogens is 348 g/mol. The number of ether oxygens (including phenoxy) is 1. The van der Waals surface area contributed by atoms with Gasteiger partial charge in [0, 0.05) is 24.7 Å². The van der Waals surface area contributed by atoms with Crippen LogP contribution >= 0.6 is 0 Å². The molecule has 2 N–H and O–H groups in total. The van der Waals surface area contributed by atoms with Crippen LogP contribution in [-0.2, 0) is 9.59 Å². The standard InChI is InChI=1S/C20H20N2O5/c1-22(11-18(24)12-3-5-13(23)6-4-12)20(26)16-10-19(25)21-17-8-7-14(27-2)9-15(16)17/h3-9,16,23H,10-11H2,1-2H3,(H,21,25)/t16-/m0/s1. The number of hydrogen-bond acceptors (Lipinski definition) is 5. The van der Waals surface area contributed by atoms with Crippen LogP contribution < -0.4 is 10.1 Å². The van der Waals surface area contributed by atoms with E-state index in [0.717, 1.165) is 0 Å². The number of hydrogen-bond donors (Lipinski definition) is 2. The third-order valence-electron chi connectivity index (χ3n) is 4.54. The second kappa shape index (κ2) is 7.49. The predicted molar refractivity (Wildman–Crippen MR) is 99.1 cm³/mol. The summed E-state index contributed by atoms with van der Waals surface area (Å²) in [7, 11) is 3.06. The van der Waals surface area contributed by atoms with Crippen LogP contribution in [0.3, 0.4) is 0 Å². The van der Waals surface area contributed by atoms with Crippen molar-refractivity contribution in [2.75, 3.05) is 26.0 Å². The summed E-state index contributed by atoms with van der Waals surface area (Å²) in [6.45, 7) is -0.124. The van der Waals surface area contributed by atoms with Gasteiger partial charge in [0.25, 0.3) is 0 Å². The van der Waals surface area contributed by atoms with Crippen LogP contribution in [0.5, 0.6) is 11.5 Å². The third kappa shape index (κ3) is 3.92. The number of aromatic hydroxyl groups is 1. The summed E-state index contributed by atoms with van der Waals surface area (Å²) in [4.78, 5) is 38.6. The SMILES string of the molecule is COc1ccc2c(c1)[C@@H](C(=O)N(C)CC(=O)c1ccc(O)cc1)CC(=O)N2. The van der Waals surface area contributed by atoms with E-state index in [4.69, 9.17) is 4.74 Å². The molecule has 2 aromatic rings. The van der Waals surface area contributed by atoms with Gasteiger partial charge in [0.05, 0.1) is 19.6 Å². The van der Waals surface area contributed by atoms with Crippen molar-refractivity contribution >= 4 is 23.3 Å². The van der Waals surface area contributed by atoms with Crippen LogP contribution in [0.2, 0.25) is 0 Å². The minimum atomic E-state index is -0.679. The number of phenolic OH excluding ortho intramolecular Hbond substituents is 1. The van der Waals surface area contributed by atoms with Gasteiger partial charge in [0.1, 0.15) is 11.5 Å². The minimum Gasteiger partial charge on any atom is -0.508 e. The van der Waals surface area contributed by atoms with E-state index in [0.29, 0.717) is 22.6 Å². The lowest BCUT2D eigenvalue weighted by molar-refractivity contribution is -0.133. The molecule has 2 amide bonds. The number of likely N-dealkylation sites (N-methyl/N-ethyl adjacent to an activating group) is 1. The van der Waals surface area contributed by atoms with Gasteiger partial charge in [0.2, 0.25) is 11.8 Å². The van der Waals surface area contributed by atoms with E-state index >= 15 is 0 Å². The summed E-state index contributed by atoms with van der Waals surface area (Å²) in [5.41, 5.74) is 1.64. The molecule has 0 radical (unpaired) electrons. The van der Waals surface area contributed by atoms with Crippen LogP contribution in [0.25, 0.3) is 0 Å². The number of ketones is 1. The fourth-order valence-corrected chi connectivity index (χ4v) is 3.08. The molecule has 1 aliphatic rings. The Morgan fingerprint density at radius 1 is 1.22 bits per heavy atom. The van der Waals surface area contributed by atoms with Crippen LogP contribution in [-0.4, -0.2) is 48.3 Å². The second-order valence-corrected chi connectivity index (χ2v) is 6.42. The molecule has 0 bridgehead atoms. The van der Waals surface area contributed by atoms with Gasteiger partial charge in [-0.15, -0.1) is 0 Å². The lowest BCUT2D eigenvalue weighted by Gasteiger charge is -2.28. The Balaban J connectivity index is 1.79. The topological polar surface area (TPSA) is 95.9 Å². The van der Waals surface area contributed by atoms with E-state index < -0.39 is 5.92 Å². The number of methoxy groups -OCH3 is 1. The van der Waals surface area contributed by atoms with Gasteiger partial charge in [-0.25, -0.2) is 0 Å². The second-order valence-electron chi connectivity index (χ2n) is 6.42. The first kappa shape index (κ1) is 18.4. The molecule has 2 aromatic carbocycles. The molecular formula is C20H20N2O5. The van der Waals surface area contributed by atoms with E-state index in [-0.39, 0.29) is 36.3 Å². The van der Waals surface area contributed by atoms with Crippen molar-refractivity contribution in [3.8, 4) is 11.5 Å². The maximum absolute atomic E-state index is 12.9. The number of nitrogens with zero attached hydrogens (tertiary/aromatic N) is 1. The number of phenols is 1. The summed E-state index contributed by atoms with van der Waals surface area (Å²) in [5.74, 6) is -0.838. The summed E-state index contributed by atoms with van der Waals surface area (Å²) < 4.78 is 5.22. The highest BCUT2D eigenvalue weighted by Gasteiger charge is 2.33. The lowest BCUT2D eigenvalue weighted by Crippen LogP contribution is -2.39. The van der Waals surface area contributed by atoms with Crippen LogP contribution in [0.1, 0.15) is 28.3 Å². The summed E-state index contributed by atoms with van der Waals surface area (Å²) >= 11 is 0. The van der Waals surface area contributed by atoms with Crippen molar-refractivity contribution in [3.63, 3.8) is 0 Å². The van der Waals surface area contributed by atoms with Crippen molar-refractivity contribution < 1.29 is 24.2 Å². The third-order valence-corrected chi connectivity index (χ3v) is 4.54. The van der Waals surface area contributed by atoms with Gasteiger partial charge in [-0.2, -0.15) is 0 Å². The van der Waals surface area contributed by atoms with Gasteiger partial charge in [-0.3, -0.25) is 14.4 Å². The first-order valence-electron chi connectivity index (χ1n) is 8.44. The number of anilines is 1. The van der Waals surface area contributed by atoms with E-state index in [1.54, 1.807) is 18.2 Å². The fourth-order valence-electron chi connectivity index (χ4n) is 3.08. The van der Waals surface area contributed by atoms with Crippen molar-refractivity contribution in [2.24, 2.45) is 0 Å². The Bertz CT molecular complexity index is 892. The first-order valence-corrected chi connectivity index (χ1v) is 8.44. The van der Waals surface area contributed by atoms with E-state index in [9.17, 15) is 19.5 Å². The molecule has 0 saturated heterocycles. The highest BCUT2D eigenvalue weighted by atomic mass is 16.5. The van der Waals surface area contributed by atoms with Crippen molar-refractivity contribution in [3.05, 3.63) is 53.6 Å². The van der Waals surface area contributed by atoms with Crippen molar-refractivity contribution in [2.45, 2.75) is 12.3 Å². The fraction of sp³-hybridized carbons (Fsp3) is 0.250. The van der Waals surface area contributed by atoms with Gasteiger partial charge in [0.15, 0.2) is 5.78 Å². The zero-order valence-electron chi connectivity index (χ0n) is 15.1. The van der Waals surface area contributed by atoms with Gasteiger partial charge < -0.3 is 20.1 Å². The Morgan fingerprint density at radius 2 is 1.93 bits per heavy atom. The molecule has 3 rings (SSSR count). The average Bonchev–Trinajstić information content (AvgIpc) is 2.66. The van der Waals surface area contributed by atoms with E-state index in [1.807, 2.05) is 0 Å². The van der Waals surface area contributed by atoms with Gasteiger partial charge in [-0.05, 0) is 48.0 Å². The zero-order valence-corrected chi connectivity index (χ0v) is 15.1. The largest absolute Gasteiger partial charge is 0.508 e. The molecule has 0 aromatic heterocycles. The van der Waals surface area contributed by atoms with E-state index in [2.05, 4.69) is 5.32 Å². The molecule has 1 heterocycles. The maximum Gasteiger partial charge on any atom is 0.230 e. The molecule has 7 heteroatoms. The number of rotatable bonds is 5. The highest BCUT2D eigenvalue weighted by molar-refractivity contribution is 6.03. The number of amides is 2. The maximum atomic E-state index is 12.9. The number of carbonyl (C=O) groups excluding carboxylic acids is 3. The molecule has 140 valence electrons. The molecule has 0 unspecified atom stereocenters. The number of benzene rings is 2. The quantitative estimate of drug-likeness (QED) is 0.789. The molecule has 1 atom stereocenters. The summed E-state index contributed by atoms with van der Waals surface area (Å²) in [6, 6.07) is 11.0. The van der Waals surface area contributed by atoms with Crippen molar-refractivity contribution in [1.82, 2.24) is 4.90 Å². The average molecular weight is 368 g/mol. The van der Waals surface area contributed by atoms with Gasteiger partial charge in [-0.1, -0.05) is 0 Å². The monoisotopic (exact) mass is 368 g/mol. The summed E-state index contributed by atoms with van der Waals surface area (Å²) in [5, 5.41) is 12.1. The molecule has 0 fully saturated rings. The molecule has 0 spiro atoms. The van der Waals surface area contributed by atoms with Crippen molar-refractivity contribution in [1.29, 1.82) is 0 Å². The predicted octanol–water partition coefficient (Wildman–Crippen LogP) is 2.17. The number of nitrogens with one attached hydrogen (secondary N) is 1. The Morgan fingerprint density at radius 3 is 2.59 bits per heavy atom. The number of Topliss-reactive ketones (excluding diaryl/α,β-unsaturated/α-hetero) is 1. The Hall–Kier alpha value is -3.35. The lowest BCUT2D eigenvalue weighted by atomic mass is 9.89. The number of fused-ring (bicyclic) bond motifs is 1. The Kier molecular flexibility index (Phi) is 5.12. The van der Waals surface area contributed by atoms with Crippen LogP contribution in [0.4, 0.5) is 5.69 Å². The summed E-state index contributed by atoms with van der Waals surface area (Å²) in [6.07, 6.45) is 0.0107. The highest BCUT2D eigenvalue weighted by Crippen LogP contribution is 2.35. The first-order chi connectivity index (χ1) is 12.9. The normalized spacial score (nSPS) is 15.5. The van der Waals surface area contributed by atoms with E-state index in [1.165, 1.54) is 43.3 Å². The molecule has 1 aliphatic heterocycles. The number of carbonyl (C=O) groups is 3. The Labute approximate surface area is 156 Å². The zero-order chi connectivity index (χ0) is 19.6.